The van der Waals surface area contributed by atoms with E-state index in [0.717, 1.165) is 31.9 Å². The lowest BCUT2D eigenvalue weighted by Gasteiger charge is -2.18. The van der Waals surface area contributed by atoms with Gasteiger partial charge in [-0.25, -0.2) is 9.97 Å². The number of nitrogens with zero attached hydrogens (tertiary/aromatic N) is 3. The molecule has 2 atom stereocenters. The molecule has 1 aliphatic rings. The summed E-state index contributed by atoms with van der Waals surface area (Å²) in [6.45, 7) is 4.53. The van der Waals surface area contributed by atoms with E-state index >= 15 is 0 Å². The number of alkyl halides is 3. The van der Waals surface area contributed by atoms with E-state index in [2.05, 4.69) is 39.2 Å². The van der Waals surface area contributed by atoms with Gasteiger partial charge in [-0.05, 0) is 17.5 Å². The first-order valence-corrected chi connectivity index (χ1v) is 7.85. The van der Waals surface area contributed by atoms with Gasteiger partial charge in [-0.15, -0.1) is 0 Å². The van der Waals surface area contributed by atoms with Gasteiger partial charge in [0, 0.05) is 31.9 Å². The van der Waals surface area contributed by atoms with E-state index in [1.165, 1.54) is 5.56 Å². The van der Waals surface area contributed by atoms with Gasteiger partial charge in [-0.3, -0.25) is 4.90 Å². The summed E-state index contributed by atoms with van der Waals surface area (Å²) < 4.78 is 38.2. The van der Waals surface area contributed by atoms with Crippen LogP contribution in [-0.2, 0) is 12.7 Å². The topological polar surface area (TPSA) is 41.0 Å². The summed E-state index contributed by atoms with van der Waals surface area (Å²) in [5.74, 6) is 0.329. The lowest BCUT2D eigenvalue weighted by molar-refractivity contribution is -0.141. The molecule has 4 nitrogen and oxygen atoms in total. The zero-order valence-electron chi connectivity index (χ0n) is 13.3. The maximum atomic E-state index is 12.7. The Morgan fingerprint density at radius 2 is 1.92 bits per heavy atom. The summed E-state index contributed by atoms with van der Waals surface area (Å²) in [6, 6.07) is 11.0. The van der Waals surface area contributed by atoms with E-state index in [1.807, 2.05) is 18.2 Å². The zero-order valence-corrected chi connectivity index (χ0v) is 13.3. The molecule has 1 aromatic heterocycles. The molecular weight excluding hydrogens is 317 g/mol. The second-order valence-corrected chi connectivity index (χ2v) is 6.17. The Morgan fingerprint density at radius 1 is 1.17 bits per heavy atom. The van der Waals surface area contributed by atoms with Crippen LogP contribution < -0.4 is 5.32 Å². The Hall–Kier alpha value is -2.15. The van der Waals surface area contributed by atoms with Crippen molar-refractivity contribution >= 4 is 5.95 Å². The van der Waals surface area contributed by atoms with Crippen molar-refractivity contribution in [3.8, 4) is 0 Å². The van der Waals surface area contributed by atoms with E-state index in [1.54, 1.807) is 0 Å². The first-order chi connectivity index (χ1) is 11.4. The molecule has 1 fully saturated rings. The fraction of sp³-hybridized carbons (Fsp3) is 0.412. The van der Waals surface area contributed by atoms with Crippen LogP contribution in [0.3, 0.4) is 0 Å². The highest BCUT2D eigenvalue weighted by atomic mass is 19.4. The van der Waals surface area contributed by atoms with E-state index in [9.17, 15) is 13.2 Å². The van der Waals surface area contributed by atoms with Crippen LogP contribution in [0.15, 0.2) is 42.6 Å². The molecule has 0 saturated carbocycles. The van der Waals surface area contributed by atoms with Crippen LogP contribution in [0.2, 0.25) is 0 Å². The highest BCUT2D eigenvalue weighted by Gasteiger charge is 2.34. The third-order valence-electron chi connectivity index (χ3n) is 4.20. The summed E-state index contributed by atoms with van der Waals surface area (Å²) in [5.41, 5.74) is 0.299. The molecule has 2 heterocycles. The van der Waals surface area contributed by atoms with Crippen molar-refractivity contribution in [2.45, 2.75) is 25.7 Å². The van der Waals surface area contributed by atoms with Gasteiger partial charge in [0.2, 0.25) is 5.95 Å². The van der Waals surface area contributed by atoms with Crippen molar-refractivity contribution in [3.05, 3.63) is 53.9 Å². The Bertz CT molecular complexity index is 675. The number of hydrogen-bond acceptors (Lipinski definition) is 4. The highest BCUT2D eigenvalue weighted by molar-refractivity contribution is 5.29. The van der Waals surface area contributed by atoms with Gasteiger partial charge >= 0.3 is 6.18 Å². The van der Waals surface area contributed by atoms with Crippen LogP contribution in [0.5, 0.6) is 0 Å². The standard InChI is InChI=1S/C17H19F3N4/c1-12-9-24(10-13-5-3-2-4-6-13)11-14(12)22-16-21-8-7-15(23-16)17(18,19)20/h2-8,12,14H,9-11H2,1H3,(H,21,22,23). The number of halogens is 3. The number of nitrogens with one attached hydrogen (secondary N) is 1. The maximum Gasteiger partial charge on any atom is 0.433 e. The van der Waals surface area contributed by atoms with Crippen LogP contribution in [0.25, 0.3) is 0 Å². The zero-order chi connectivity index (χ0) is 17.2. The normalized spacial score (nSPS) is 21.8. The largest absolute Gasteiger partial charge is 0.433 e. The fourth-order valence-electron chi connectivity index (χ4n) is 2.98. The molecule has 1 aliphatic heterocycles. The van der Waals surface area contributed by atoms with Crippen LogP contribution in [0, 0.1) is 5.92 Å². The smallest absolute Gasteiger partial charge is 0.350 e. The van der Waals surface area contributed by atoms with Gasteiger partial charge in [-0.2, -0.15) is 13.2 Å². The summed E-state index contributed by atoms with van der Waals surface area (Å²) in [7, 11) is 0. The second kappa shape index (κ2) is 6.76. The molecule has 2 unspecified atom stereocenters. The predicted octanol–water partition coefficient (Wildman–Crippen LogP) is 3.43. The molecule has 0 amide bonds. The minimum absolute atomic E-state index is 0.0252. The summed E-state index contributed by atoms with van der Waals surface area (Å²) in [6.07, 6.45) is -3.32. The first-order valence-electron chi connectivity index (χ1n) is 7.85. The molecule has 128 valence electrons. The predicted molar refractivity (Wildman–Crippen MR) is 85.3 cm³/mol. The molecule has 7 heteroatoms. The molecule has 1 aromatic carbocycles. The number of benzene rings is 1. The molecule has 1 saturated heterocycles. The van der Waals surface area contributed by atoms with Crippen LogP contribution in [-0.4, -0.2) is 34.0 Å². The minimum Gasteiger partial charge on any atom is -0.350 e. The van der Waals surface area contributed by atoms with Gasteiger partial charge < -0.3 is 5.32 Å². The molecule has 0 bridgehead atoms. The Kier molecular flexibility index (Phi) is 4.71. The lowest BCUT2D eigenvalue weighted by Crippen LogP contribution is -2.29. The number of aromatic nitrogens is 2. The van der Waals surface area contributed by atoms with Gasteiger partial charge in [0.25, 0.3) is 0 Å². The molecular formula is C17H19F3N4. The third-order valence-corrected chi connectivity index (χ3v) is 4.20. The average molecular weight is 336 g/mol. The van der Waals surface area contributed by atoms with Crippen molar-refractivity contribution in [3.63, 3.8) is 0 Å². The number of rotatable bonds is 4. The highest BCUT2D eigenvalue weighted by Crippen LogP contribution is 2.28. The van der Waals surface area contributed by atoms with Crippen LogP contribution in [0.4, 0.5) is 19.1 Å². The van der Waals surface area contributed by atoms with Crippen molar-refractivity contribution in [2.75, 3.05) is 18.4 Å². The molecule has 3 rings (SSSR count). The molecule has 1 N–H and O–H groups in total. The van der Waals surface area contributed by atoms with E-state index in [4.69, 9.17) is 0 Å². The van der Waals surface area contributed by atoms with Gasteiger partial charge in [0.15, 0.2) is 0 Å². The number of hydrogen-bond donors (Lipinski definition) is 1. The number of likely N-dealkylation sites (tertiary alicyclic amines) is 1. The lowest BCUT2D eigenvalue weighted by atomic mass is 10.1. The number of anilines is 1. The quantitative estimate of drug-likeness (QED) is 0.929. The first kappa shape index (κ1) is 16.7. The average Bonchev–Trinajstić information content (AvgIpc) is 2.87. The van der Waals surface area contributed by atoms with Crippen molar-refractivity contribution in [2.24, 2.45) is 5.92 Å². The Balaban J connectivity index is 1.64. The summed E-state index contributed by atoms with van der Waals surface area (Å²) in [4.78, 5) is 9.79. The van der Waals surface area contributed by atoms with Crippen LogP contribution >= 0.6 is 0 Å². The molecule has 2 aromatic rings. The van der Waals surface area contributed by atoms with Gasteiger partial charge in [0.05, 0.1) is 0 Å². The monoisotopic (exact) mass is 336 g/mol. The van der Waals surface area contributed by atoms with Gasteiger partial charge in [0.1, 0.15) is 5.69 Å². The maximum absolute atomic E-state index is 12.7. The van der Waals surface area contributed by atoms with Crippen molar-refractivity contribution < 1.29 is 13.2 Å². The van der Waals surface area contributed by atoms with Crippen molar-refractivity contribution in [1.82, 2.24) is 14.9 Å². The Morgan fingerprint density at radius 3 is 2.62 bits per heavy atom. The SMILES string of the molecule is CC1CN(Cc2ccccc2)CC1Nc1nccc(C(F)(F)F)n1. The summed E-state index contributed by atoms with van der Waals surface area (Å²) in [5, 5.41) is 3.05. The van der Waals surface area contributed by atoms with E-state index < -0.39 is 11.9 Å². The van der Waals surface area contributed by atoms with E-state index in [0.29, 0.717) is 5.92 Å². The minimum atomic E-state index is -4.46. The van der Waals surface area contributed by atoms with Crippen molar-refractivity contribution in [1.29, 1.82) is 0 Å². The molecule has 0 spiro atoms. The van der Waals surface area contributed by atoms with Crippen LogP contribution in [0.1, 0.15) is 18.2 Å². The fourth-order valence-corrected chi connectivity index (χ4v) is 2.98. The summed E-state index contributed by atoms with van der Waals surface area (Å²) >= 11 is 0. The molecule has 0 aliphatic carbocycles. The van der Waals surface area contributed by atoms with Gasteiger partial charge in [-0.1, -0.05) is 37.3 Å². The molecule has 24 heavy (non-hydrogen) atoms. The third kappa shape index (κ3) is 4.03. The Labute approximate surface area is 138 Å². The molecule has 0 radical (unpaired) electrons. The second-order valence-electron chi connectivity index (χ2n) is 6.17. The van der Waals surface area contributed by atoms with E-state index in [-0.39, 0.29) is 12.0 Å².